The Morgan fingerprint density at radius 1 is 1.38 bits per heavy atom. The van der Waals surface area contributed by atoms with E-state index in [2.05, 4.69) is 41.1 Å². The van der Waals surface area contributed by atoms with Crippen molar-refractivity contribution in [3.8, 4) is 0 Å². The first kappa shape index (κ1) is 10.7. The molecule has 0 aliphatic rings. The third-order valence-electron chi connectivity index (χ3n) is 1.77. The summed E-state index contributed by atoms with van der Waals surface area (Å²) in [5, 5.41) is 0. The summed E-state index contributed by atoms with van der Waals surface area (Å²) in [7, 11) is 0. The second kappa shape index (κ2) is 4.77. The first-order chi connectivity index (χ1) is 6.09. The highest BCUT2D eigenvalue weighted by molar-refractivity contribution is 9.10. The first-order valence-corrected chi connectivity index (χ1v) is 5.25. The van der Waals surface area contributed by atoms with Crippen LogP contribution in [0, 0.1) is 6.92 Å². The van der Waals surface area contributed by atoms with Crippen molar-refractivity contribution in [3.63, 3.8) is 0 Å². The first-order valence-electron chi connectivity index (χ1n) is 4.46. The Morgan fingerprint density at radius 2 is 2.08 bits per heavy atom. The third-order valence-corrected chi connectivity index (χ3v) is 2.55. The number of hydrogen-bond acceptors (Lipinski definition) is 1. The summed E-state index contributed by atoms with van der Waals surface area (Å²) in [5.41, 5.74) is 2.49. The van der Waals surface area contributed by atoms with Gasteiger partial charge in [-0.25, -0.2) is 0 Å². The molecule has 72 valence electrons. The predicted octanol–water partition coefficient (Wildman–Crippen LogP) is 3.68. The molecule has 0 radical (unpaired) electrons. The van der Waals surface area contributed by atoms with Crippen molar-refractivity contribution >= 4 is 15.9 Å². The summed E-state index contributed by atoms with van der Waals surface area (Å²) in [6, 6.07) is 6.30. The van der Waals surface area contributed by atoms with Gasteiger partial charge in [-0.1, -0.05) is 33.6 Å². The quantitative estimate of drug-likeness (QED) is 0.786. The molecule has 0 atom stereocenters. The van der Waals surface area contributed by atoms with Crippen molar-refractivity contribution in [1.29, 1.82) is 0 Å². The van der Waals surface area contributed by atoms with Gasteiger partial charge in [0.15, 0.2) is 0 Å². The number of benzene rings is 1. The number of rotatable bonds is 3. The highest BCUT2D eigenvalue weighted by Gasteiger charge is 2.01. The molecular formula is C11H15BrO. The van der Waals surface area contributed by atoms with Gasteiger partial charge in [0.1, 0.15) is 0 Å². The van der Waals surface area contributed by atoms with Crippen LogP contribution in [-0.2, 0) is 11.3 Å². The van der Waals surface area contributed by atoms with E-state index >= 15 is 0 Å². The minimum atomic E-state index is 0.285. The molecule has 0 aliphatic heterocycles. The second-order valence-electron chi connectivity index (χ2n) is 3.45. The van der Waals surface area contributed by atoms with Crippen molar-refractivity contribution in [1.82, 2.24) is 0 Å². The summed E-state index contributed by atoms with van der Waals surface area (Å²) in [6.07, 6.45) is 0.285. The Labute approximate surface area is 88.2 Å². The summed E-state index contributed by atoms with van der Waals surface area (Å²) in [4.78, 5) is 0. The van der Waals surface area contributed by atoms with E-state index in [-0.39, 0.29) is 6.10 Å². The molecule has 0 amide bonds. The molecule has 0 N–H and O–H groups in total. The largest absolute Gasteiger partial charge is 0.374 e. The summed E-state index contributed by atoms with van der Waals surface area (Å²) in [6.45, 7) is 6.86. The molecule has 0 aliphatic carbocycles. The average Bonchev–Trinajstić information content (AvgIpc) is 2.06. The van der Waals surface area contributed by atoms with Gasteiger partial charge in [-0.15, -0.1) is 0 Å². The lowest BCUT2D eigenvalue weighted by molar-refractivity contribution is 0.0653. The van der Waals surface area contributed by atoms with E-state index in [1.54, 1.807) is 0 Å². The standard InChI is InChI=1S/C11H15BrO/c1-8(2)13-7-10-6-9(3)4-5-11(10)12/h4-6,8H,7H2,1-3H3. The molecule has 1 aromatic rings. The van der Waals surface area contributed by atoms with E-state index in [0.29, 0.717) is 6.61 Å². The SMILES string of the molecule is Cc1ccc(Br)c(COC(C)C)c1. The van der Waals surface area contributed by atoms with Gasteiger partial charge < -0.3 is 4.74 Å². The highest BCUT2D eigenvalue weighted by atomic mass is 79.9. The van der Waals surface area contributed by atoms with Crippen LogP contribution in [-0.4, -0.2) is 6.10 Å². The number of hydrogen-bond donors (Lipinski definition) is 0. The Kier molecular flexibility index (Phi) is 3.94. The van der Waals surface area contributed by atoms with Gasteiger partial charge in [-0.2, -0.15) is 0 Å². The highest BCUT2D eigenvalue weighted by Crippen LogP contribution is 2.19. The lowest BCUT2D eigenvalue weighted by Gasteiger charge is -2.09. The maximum atomic E-state index is 5.53. The van der Waals surface area contributed by atoms with Crippen molar-refractivity contribution in [2.75, 3.05) is 0 Å². The van der Waals surface area contributed by atoms with Crippen LogP contribution in [0.3, 0.4) is 0 Å². The monoisotopic (exact) mass is 242 g/mol. The van der Waals surface area contributed by atoms with Crippen LogP contribution in [0.25, 0.3) is 0 Å². The minimum absolute atomic E-state index is 0.285. The summed E-state index contributed by atoms with van der Waals surface area (Å²) >= 11 is 3.50. The lowest BCUT2D eigenvalue weighted by atomic mass is 10.1. The van der Waals surface area contributed by atoms with Crippen LogP contribution in [0.1, 0.15) is 25.0 Å². The molecule has 0 unspecified atom stereocenters. The Hall–Kier alpha value is -0.340. The maximum Gasteiger partial charge on any atom is 0.0731 e. The van der Waals surface area contributed by atoms with Crippen LogP contribution >= 0.6 is 15.9 Å². The Bertz CT molecular complexity index is 281. The molecule has 1 aromatic carbocycles. The van der Waals surface area contributed by atoms with E-state index in [0.717, 1.165) is 4.47 Å². The molecule has 1 rings (SSSR count). The van der Waals surface area contributed by atoms with Crippen LogP contribution < -0.4 is 0 Å². The van der Waals surface area contributed by atoms with E-state index < -0.39 is 0 Å². The fraction of sp³-hybridized carbons (Fsp3) is 0.455. The van der Waals surface area contributed by atoms with Crippen LogP contribution in [0.2, 0.25) is 0 Å². The van der Waals surface area contributed by atoms with Gasteiger partial charge >= 0.3 is 0 Å². The van der Waals surface area contributed by atoms with Gasteiger partial charge in [0.25, 0.3) is 0 Å². The van der Waals surface area contributed by atoms with Crippen LogP contribution in [0.4, 0.5) is 0 Å². The third kappa shape index (κ3) is 3.49. The van der Waals surface area contributed by atoms with Gasteiger partial charge in [0.2, 0.25) is 0 Å². The number of aryl methyl sites for hydroxylation is 1. The molecule has 0 bridgehead atoms. The molecule has 0 aromatic heterocycles. The van der Waals surface area contributed by atoms with Crippen LogP contribution in [0.5, 0.6) is 0 Å². The molecule has 13 heavy (non-hydrogen) atoms. The van der Waals surface area contributed by atoms with Gasteiger partial charge in [0, 0.05) is 4.47 Å². The van der Waals surface area contributed by atoms with Crippen molar-refractivity contribution in [2.24, 2.45) is 0 Å². The normalized spacial score (nSPS) is 10.8. The molecule has 1 nitrogen and oxygen atoms in total. The molecule has 0 fully saturated rings. The molecule has 0 spiro atoms. The Balaban J connectivity index is 2.70. The summed E-state index contributed by atoms with van der Waals surface area (Å²) < 4.78 is 6.66. The zero-order valence-corrected chi connectivity index (χ0v) is 9.89. The predicted molar refractivity (Wildman–Crippen MR) is 58.8 cm³/mol. The van der Waals surface area contributed by atoms with Gasteiger partial charge in [-0.3, -0.25) is 0 Å². The second-order valence-corrected chi connectivity index (χ2v) is 4.31. The van der Waals surface area contributed by atoms with E-state index in [1.165, 1.54) is 11.1 Å². The van der Waals surface area contributed by atoms with Crippen molar-refractivity contribution < 1.29 is 4.74 Å². The average molecular weight is 243 g/mol. The lowest BCUT2D eigenvalue weighted by Crippen LogP contribution is -2.02. The fourth-order valence-electron chi connectivity index (χ4n) is 1.07. The van der Waals surface area contributed by atoms with Crippen molar-refractivity contribution in [2.45, 2.75) is 33.5 Å². The molecule has 2 heteroatoms. The smallest absolute Gasteiger partial charge is 0.0731 e. The number of ether oxygens (including phenoxy) is 1. The van der Waals surface area contributed by atoms with E-state index in [9.17, 15) is 0 Å². The molecular weight excluding hydrogens is 228 g/mol. The molecule has 0 saturated carbocycles. The maximum absolute atomic E-state index is 5.53. The minimum Gasteiger partial charge on any atom is -0.374 e. The Morgan fingerprint density at radius 3 is 2.69 bits per heavy atom. The van der Waals surface area contributed by atoms with Crippen LogP contribution in [0.15, 0.2) is 22.7 Å². The van der Waals surface area contributed by atoms with E-state index in [4.69, 9.17) is 4.74 Å². The topological polar surface area (TPSA) is 9.23 Å². The van der Waals surface area contributed by atoms with Gasteiger partial charge in [-0.05, 0) is 32.4 Å². The zero-order valence-electron chi connectivity index (χ0n) is 8.30. The van der Waals surface area contributed by atoms with Gasteiger partial charge in [0.05, 0.1) is 12.7 Å². The number of halogens is 1. The molecule has 0 saturated heterocycles. The zero-order chi connectivity index (χ0) is 9.84. The van der Waals surface area contributed by atoms with Crippen molar-refractivity contribution in [3.05, 3.63) is 33.8 Å². The van der Waals surface area contributed by atoms with E-state index in [1.807, 2.05) is 13.8 Å². The fourth-order valence-corrected chi connectivity index (χ4v) is 1.43. The molecule has 0 heterocycles. The summed E-state index contributed by atoms with van der Waals surface area (Å²) in [5.74, 6) is 0.